The van der Waals surface area contributed by atoms with Crippen molar-refractivity contribution in [1.82, 2.24) is 10.6 Å². The van der Waals surface area contributed by atoms with E-state index in [2.05, 4.69) is 15.6 Å². The molecule has 1 aromatic carbocycles. The van der Waals surface area contributed by atoms with E-state index in [4.69, 9.17) is 9.47 Å². The van der Waals surface area contributed by atoms with Crippen LogP contribution in [0.15, 0.2) is 29.3 Å². The minimum absolute atomic E-state index is 0. The topological polar surface area (TPSA) is 54.9 Å². The van der Waals surface area contributed by atoms with Gasteiger partial charge in [0.25, 0.3) is 0 Å². The number of ether oxygens (including phenoxy) is 2. The molecule has 0 spiro atoms. The van der Waals surface area contributed by atoms with Crippen molar-refractivity contribution in [3.05, 3.63) is 35.4 Å². The summed E-state index contributed by atoms with van der Waals surface area (Å²) in [7, 11) is 3.34. The highest BCUT2D eigenvalue weighted by Gasteiger charge is 2.40. The fourth-order valence-electron chi connectivity index (χ4n) is 3.45. The molecule has 1 fully saturated rings. The van der Waals surface area contributed by atoms with E-state index in [0.29, 0.717) is 32.3 Å². The van der Waals surface area contributed by atoms with E-state index < -0.39 is 11.7 Å². The molecule has 1 aliphatic carbocycles. The van der Waals surface area contributed by atoms with Crippen molar-refractivity contribution < 1.29 is 22.6 Å². The van der Waals surface area contributed by atoms with Crippen LogP contribution in [0.1, 0.15) is 43.2 Å². The molecule has 1 aliphatic rings. The van der Waals surface area contributed by atoms with Gasteiger partial charge in [0.15, 0.2) is 5.96 Å². The molecule has 2 N–H and O–H groups in total. The smallest absolute Gasteiger partial charge is 0.382 e. The molecule has 0 heterocycles. The molecule has 0 radical (unpaired) electrons. The quantitative estimate of drug-likeness (QED) is 0.189. The number of hydrogen-bond donors (Lipinski definition) is 2. The number of guanidine groups is 1. The van der Waals surface area contributed by atoms with Crippen LogP contribution in [0.4, 0.5) is 13.2 Å². The van der Waals surface area contributed by atoms with Crippen molar-refractivity contribution in [2.75, 3.05) is 47.1 Å². The average molecular weight is 543 g/mol. The third-order valence-electron chi connectivity index (χ3n) is 5.37. The first kappa shape index (κ1) is 27.0. The second kappa shape index (κ2) is 13.4. The summed E-state index contributed by atoms with van der Waals surface area (Å²) >= 11 is 0. The molecule has 5 nitrogen and oxygen atoms in total. The number of halogens is 4. The summed E-state index contributed by atoms with van der Waals surface area (Å²) in [6.45, 7) is 3.21. The van der Waals surface area contributed by atoms with Gasteiger partial charge in [-0.1, -0.05) is 24.6 Å². The van der Waals surface area contributed by atoms with E-state index in [-0.39, 0.29) is 29.4 Å². The Bertz CT molecular complexity index is 653. The van der Waals surface area contributed by atoms with Crippen molar-refractivity contribution in [1.29, 1.82) is 0 Å². The number of hydrogen-bond acceptors (Lipinski definition) is 3. The lowest BCUT2D eigenvalue weighted by atomic mass is 9.64. The molecule has 2 rings (SSSR count). The van der Waals surface area contributed by atoms with Crippen LogP contribution >= 0.6 is 24.0 Å². The largest absolute Gasteiger partial charge is 0.416 e. The van der Waals surface area contributed by atoms with Gasteiger partial charge in [0, 0.05) is 39.3 Å². The van der Waals surface area contributed by atoms with Gasteiger partial charge in [-0.25, -0.2) is 0 Å². The number of unbranched alkanes of at least 4 members (excludes halogenated alkanes) is 1. The summed E-state index contributed by atoms with van der Waals surface area (Å²) in [4.78, 5) is 4.22. The lowest BCUT2D eigenvalue weighted by molar-refractivity contribution is -0.137. The van der Waals surface area contributed by atoms with Crippen LogP contribution < -0.4 is 10.6 Å². The van der Waals surface area contributed by atoms with Gasteiger partial charge in [0.05, 0.1) is 18.8 Å². The Morgan fingerprint density at radius 1 is 1.13 bits per heavy atom. The Kier molecular flexibility index (Phi) is 12.0. The zero-order valence-corrected chi connectivity index (χ0v) is 20.0. The zero-order chi connectivity index (χ0) is 21.2. The lowest BCUT2D eigenvalue weighted by Gasteiger charge is -2.43. The SMILES string of the molecule is CN=C(NCCCCOCCOC)NCC1(c2cccc(C(F)(F)F)c2)CCC1.I. The van der Waals surface area contributed by atoms with Crippen LogP contribution in [0.2, 0.25) is 0 Å². The molecule has 0 unspecified atom stereocenters. The molecule has 30 heavy (non-hydrogen) atoms. The highest BCUT2D eigenvalue weighted by Crippen LogP contribution is 2.44. The number of benzene rings is 1. The van der Waals surface area contributed by atoms with Crippen LogP contribution in [0.3, 0.4) is 0 Å². The highest BCUT2D eigenvalue weighted by atomic mass is 127. The third-order valence-corrected chi connectivity index (χ3v) is 5.37. The van der Waals surface area contributed by atoms with Gasteiger partial charge in [-0.05, 0) is 37.3 Å². The minimum atomic E-state index is -4.32. The van der Waals surface area contributed by atoms with Crippen molar-refractivity contribution in [2.24, 2.45) is 4.99 Å². The number of aliphatic imine (C=N–C) groups is 1. The maximum Gasteiger partial charge on any atom is 0.416 e. The molecule has 9 heteroatoms. The van der Waals surface area contributed by atoms with Crippen LogP contribution in [-0.2, 0) is 21.1 Å². The Morgan fingerprint density at radius 3 is 2.50 bits per heavy atom. The minimum Gasteiger partial charge on any atom is -0.382 e. The molecule has 0 amide bonds. The first-order valence-corrected chi connectivity index (χ1v) is 10.1. The predicted molar refractivity (Wildman–Crippen MR) is 124 cm³/mol. The van der Waals surface area contributed by atoms with Gasteiger partial charge in [0.1, 0.15) is 0 Å². The summed E-state index contributed by atoms with van der Waals surface area (Å²) in [6, 6.07) is 5.72. The Hall–Kier alpha value is -1.07. The summed E-state index contributed by atoms with van der Waals surface area (Å²) in [5.74, 6) is 0.670. The van der Waals surface area contributed by atoms with Gasteiger partial charge in [-0.3, -0.25) is 4.99 Å². The number of methoxy groups -OCH3 is 1. The number of alkyl halides is 3. The van der Waals surface area contributed by atoms with E-state index in [1.165, 1.54) is 12.1 Å². The van der Waals surface area contributed by atoms with Gasteiger partial charge in [-0.2, -0.15) is 13.2 Å². The molecule has 0 aromatic heterocycles. The fraction of sp³-hybridized carbons (Fsp3) is 0.667. The Labute approximate surface area is 194 Å². The summed E-state index contributed by atoms with van der Waals surface area (Å²) in [5.41, 5.74) is -0.111. The van der Waals surface area contributed by atoms with Crippen LogP contribution in [-0.4, -0.2) is 53.0 Å². The summed E-state index contributed by atoms with van der Waals surface area (Å²) in [6.07, 6.45) is 0.314. The Morgan fingerprint density at radius 2 is 1.90 bits per heavy atom. The number of nitrogens with one attached hydrogen (secondary N) is 2. The van der Waals surface area contributed by atoms with Crippen LogP contribution in [0, 0.1) is 0 Å². The van der Waals surface area contributed by atoms with Gasteiger partial charge < -0.3 is 20.1 Å². The molecule has 172 valence electrons. The maximum atomic E-state index is 13.1. The second-order valence-corrected chi connectivity index (χ2v) is 7.38. The first-order chi connectivity index (χ1) is 13.9. The lowest BCUT2D eigenvalue weighted by Crippen LogP contribution is -2.49. The standard InChI is InChI=1S/C21H32F3N3O2.HI/c1-25-19(26-11-3-4-12-29-14-13-28-2)27-16-20(9-6-10-20)17-7-5-8-18(15-17)21(22,23)24;/h5,7-8,15H,3-4,6,9-14,16H2,1-2H3,(H2,25,26,27);1H. The number of rotatable bonds is 11. The van der Waals surface area contributed by atoms with Crippen molar-refractivity contribution in [2.45, 2.75) is 43.7 Å². The third kappa shape index (κ3) is 8.22. The first-order valence-electron chi connectivity index (χ1n) is 10.1. The van der Waals surface area contributed by atoms with Crippen LogP contribution in [0.25, 0.3) is 0 Å². The van der Waals surface area contributed by atoms with E-state index in [1.54, 1.807) is 20.2 Å². The monoisotopic (exact) mass is 543 g/mol. The average Bonchev–Trinajstić information content (AvgIpc) is 2.67. The molecule has 0 saturated heterocycles. The Balaban J connectivity index is 0.00000450. The molecule has 0 atom stereocenters. The molecule has 0 bridgehead atoms. The van der Waals surface area contributed by atoms with Crippen LogP contribution in [0.5, 0.6) is 0 Å². The summed E-state index contributed by atoms with van der Waals surface area (Å²) < 4.78 is 49.6. The van der Waals surface area contributed by atoms with E-state index in [0.717, 1.165) is 50.3 Å². The number of nitrogens with zero attached hydrogens (tertiary/aromatic N) is 1. The van der Waals surface area contributed by atoms with E-state index in [9.17, 15) is 13.2 Å². The predicted octanol–water partition coefficient (Wildman–Crippen LogP) is 4.35. The van der Waals surface area contributed by atoms with Crippen molar-refractivity contribution in [3.8, 4) is 0 Å². The molecule has 1 aromatic rings. The van der Waals surface area contributed by atoms with Gasteiger partial charge in [-0.15, -0.1) is 24.0 Å². The molecule has 1 saturated carbocycles. The van der Waals surface area contributed by atoms with Gasteiger partial charge >= 0.3 is 6.18 Å². The van der Waals surface area contributed by atoms with Crippen molar-refractivity contribution in [3.63, 3.8) is 0 Å². The summed E-state index contributed by atoms with van der Waals surface area (Å²) in [5, 5.41) is 6.56. The van der Waals surface area contributed by atoms with E-state index in [1.807, 2.05) is 0 Å². The second-order valence-electron chi connectivity index (χ2n) is 7.38. The van der Waals surface area contributed by atoms with E-state index >= 15 is 0 Å². The fourth-order valence-corrected chi connectivity index (χ4v) is 3.45. The van der Waals surface area contributed by atoms with Crippen molar-refractivity contribution >= 4 is 29.9 Å². The van der Waals surface area contributed by atoms with Gasteiger partial charge in [0.2, 0.25) is 0 Å². The maximum absolute atomic E-state index is 13.1. The molecule has 0 aliphatic heterocycles. The normalized spacial score (nSPS) is 15.8. The zero-order valence-electron chi connectivity index (χ0n) is 17.7. The highest BCUT2D eigenvalue weighted by molar-refractivity contribution is 14.0. The molecular weight excluding hydrogens is 510 g/mol. The molecular formula is C21H33F3IN3O2.